The lowest BCUT2D eigenvalue weighted by Gasteiger charge is -2.19. The summed E-state index contributed by atoms with van der Waals surface area (Å²) in [7, 11) is 1.54. The van der Waals surface area contributed by atoms with E-state index in [1.165, 1.54) is 7.11 Å². The fourth-order valence-corrected chi connectivity index (χ4v) is 0.699. The van der Waals surface area contributed by atoms with Crippen molar-refractivity contribution in [2.24, 2.45) is 5.73 Å². The maximum Gasteiger partial charge on any atom is 0.101 e. The van der Waals surface area contributed by atoms with Gasteiger partial charge in [-0.3, -0.25) is 0 Å². The maximum atomic E-state index is 9.16. The van der Waals surface area contributed by atoms with Crippen molar-refractivity contribution in [3.8, 4) is 0 Å². The highest BCUT2D eigenvalue weighted by atomic mass is 16.5. The molecule has 0 saturated carbocycles. The van der Waals surface area contributed by atoms with Crippen molar-refractivity contribution >= 4 is 0 Å². The van der Waals surface area contributed by atoms with Gasteiger partial charge in [-0.1, -0.05) is 0 Å². The zero-order chi connectivity index (χ0) is 9.61. The third-order valence-electron chi connectivity index (χ3n) is 1.14. The molecule has 0 radical (unpaired) electrons. The largest absolute Gasteiger partial charge is 0.388 e. The summed E-state index contributed by atoms with van der Waals surface area (Å²) < 4.78 is 9.88. The smallest absolute Gasteiger partial charge is 0.101 e. The van der Waals surface area contributed by atoms with Gasteiger partial charge in [0.25, 0.3) is 0 Å². The third kappa shape index (κ3) is 7.94. The summed E-state index contributed by atoms with van der Waals surface area (Å²) in [6, 6.07) is 0. The van der Waals surface area contributed by atoms with Crippen molar-refractivity contribution < 1.29 is 14.6 Å². The van der Waals surface area contributed by atoms with Gasteiger partial charge in [0, 0.05) is 12.6 Å². The zero-order valence-corrected chi connectivity index (χ0v) is 8.04. The Balaban J connectivity index is 3.31. The first-order valence-electron chi connectivity index (χ1n) is 3.99. The van der Waals surface area contributed by atoms with Crippen molar-refractivity contribution in [2.45, 2.75) is 25.5 Å². The molecule has 0 heterocycles. The van der Waals surface area contributed by atoms with Crippen LogP contribution in [-0.4, -0.2) is 43.7 Å². The highest BCUT2D eigenvalue weighted by molar-refractivity contribution is 4.70. The lowest BCUT2D eigenvalue weighted by atomic mass is 10.1. The summed E-state index contributed by atoms with van der Waals surface area (Å²) >= 11 is 0. The molecule has 0 aromatic rings. The fourth-order valence-electron chi connectivity index (χ4n) is 0.699. The van der Waals surface area contributed by atoms with E-state index in [0.717, 1.165) is 0 Å². The molecule has 0 aliphatic carbocycles. The molecule has 4 heteroatoms. The first-order valence-corrected chi connectivity index (χ1v) is 3.99. The topological polar surface area (TPSA) is 64.7 Å². The van der Waals surface area contributed by atoms with E-state index in [0.29, 0.717) is 13.2 Å². The summed E-state index contributed by atoms with van der Waals surface area (Å²) in [5.41, 5.74) is 5.32. The van der Waals surface area contributed by atoms with Gasteiger partial charge in [0.05, 0.1) is 19.8 Å². The second kappa shape index (κ2) is 5.48. The third-order valence-corrected chi connectivity index (χ3v) is 1.14. The van der Waals surface area contributed by atoms with E-state index in [4.69, 9.17) is 20.3 Å². The number of aliphatic hydroxyl groups excluding tert-OH is 1. The van der Waals surface area contributed by atoms with E-state index in [-0.39, 0.29) is 12.1 Å². The van der Waals surface area contributed by atoms with Crippen molar-refractivity contribution in [3.05, 3.63) is 0 Å². The number of nitrogens with two attached hydrogens (primary N) is 1. The van der Waals surface area contributed by atoms with Crippen LogP contribution in [0.1, 0.15) is 13.8 Å². The summed E-state index contributed by atoms with van der Waals surface area (Å²) in [5.74, 6) is 0. The van der Waals surface area contributed by atoms with Crippen molar-refractivity contribution in [2.75, 3.05) is 26.9 Å². The Morgan fingerprint density at radius 2 is 2.00 bits per heavy atom. The van der Waals surface area contributed by atoms with Crippen molar-refractivity contribution in [3.63, 3.8) is 0 Å². The Hall–Kier alpha value is -0.160. The Kier molecular flexibility index (Phi) is 5.41. The van der Waals surface area contributed by atoms with E-state index in [1.54, 1.807) is 0 Å². The van der Waals surface area contributed by atoms with Crippen molar-refractivity contribution in [1.82, 2.24) is 0 Å². The van der Waals surface area contributed by atoms with Gasteiger partial charge >= 0.3 is 0 Å². The minimum Gasteiger partial charge on any atom is -0.388 e. The van der Waals surface area contributed by atoms with Gasteiger partial charge in [-0.25, -0.2) is 0 Å². The predicted molar refractivity (Wildman–Crippen MR) is 47.0 cm³/mol. The normalized spacial score (nSPS) is 14.8. The Morgan fingerprint density at radius 1 is 1.42 bits per heavy atom. The number of methoxy groups -OCH3 is 1. The molecule has 1 atom stereocenters. The Morgan fingerprint density at radius 3 is 2.42 bits per heavy atom. The van der Waals surface area contributed by atoms with E-state index >= 15 is 0 Å². The highest BCUT2D eigenvalue weighted by Gasteiger charge is 2.11. The number of aliphatic hydroxyl groups is 1. The molecule has 74 valence electrons. The fraction of sp³-hybridized carbons (Fsp3) is 1.00. The highest BCUT2D eigenvalue weighted by Crippen LogP contribution is 1.97. The number of hydrogen-bond acceptors (Lipinski definition) is 4. The van der Waals surface area contributed by atoms with Crippen LogP contribution in [-0.2, 0) is 9.47 Å². The van der Waals surface area contributed by atoms with Crippen LogP contribution in [0.4, 0.5) is 0 Å². The standard InChI is InChI=1S/C8H19NO3/c1-8(2,9)6-12-5-7(10)4-11-3/h7,10H,4-6,9H2,1-3H3. The van der Waals surface area contributed by atoms with Crippen LogP contribution < -0.4 is 5.73 Å². The molecule has 0 spiro atoms. The molecule has 0 aliphatic heterocycles. The predicted octanol–water partition coefficient (Wildman–Crippen LogP) is -0.252. The first kappa shape index (κ1) is 11.8. The molecule has 0 amide bonds. The van der Waals surface area contributed by atoms with E-state index in [9.17, 15) is 0 Å². The van der Waals surface area contributed by atoms with Crippen LogP contribution in [0.2, 0.25) is 0 Å². The molecule has 0 aromatic heterocycles. The second-order valence-electron chi connectivity index (χ2n) is 3.61. The summed E-state index contributed by atoms with van der Waals surface area (Å²) in [6.07, 6.45) is -0.558. The average molecular weight is 177 g/mol. The molecule has 1 unspecified atom stereocenters. The molecule has 0 aliphatic rings. The van der Waals surface area contributed by atoms with E-state index in [1.807, 2.05) is 13.8 Å². The van der Waals surface area contributed by atoms with Crippen LogP contribution in [0.3, 0.4) is 0 Å². The number of ether oxygens (including phenoxy) is 2. The van der Waals surface area contributed by atoms with Crippen LogP contribution >= 0.6 is 0 Å². The van der Waals surface area contributed by atoms with Crippen LogP contribution in [0.15, 0.2) is 0 Å². The molecular weight excluding hydrogens is 158 g/mol. The second-order valence-corrected chi connectivity index (χ2v) is 3.61. The van der Waals surface area contributed by atoms with Gasteiger partial charge in [-0.2, -0.15) is 0 Å². The molecule has 0 bridgehead atoms. The van der Waals surface area contributed by atoms with E-state index < -0.39 is 6.10 Å². The van der Waals surface area contributed by atoms with Crippen LogP contribution in [0, 0.1) is 0 Å². The first-order chi connectivity index (χ1) is 5.45. The molecule has 4 nitrogen and oxygen atoms in total. The molecular formula is C8H19NO3. The van der Waals surface area contributed by atoms with Gasteiger partial charge in [0.1, 0.15) is 6.10 Å². The van der Waals surface area contributed by atoms with Gasteiger partial charge in [-0.15, -0.1) is 0 Å². The van der Waals surface area contributed by atoms with Gasteiger partial charge in [-0.05, 0) is 13.8 Å². The maximum absolute atomic E-state index is 9.16. The van der Waals surface area contributed by atoms with Gasteiger partial charge in [0.15, 0.2) is 0 Å². The molecule has 12 heavy (non-hydrogen) atoms. The minimum absolute atomic E-state index is 0.272. The summed E-state index contributed by atoms with van der Waals surface area (Å²) in [5, 5.41) is 9.16. The summed E-state index contributed by atoms with van der Waals surface area (Å²) in [6.45, 7) is 4.75. The van der Waals surface area contributed by atoms with Gasteiger partial charge < -0.3 is 20.3 Å². The van der Waals surface area contributed by atoms with Crippen molar-refractivity contribution in [1.29, 1.82) is 0 Å². The number of hydrogen-bond donors (Lipinski definition) is 2. The number of rotatable bonds is 6. The monoisotopic (exact) mass is 177 g/mol. The Labute approximate surface area is 73.7 Å². The molecule has 0 aromatic carbocycles. The molecule has 0 saturated heterocycles. The lowest BCUT2D eigenvalue weighted by Crippen LogP contribution is -2.38. The summed E-state index contributed by atoms with van der Waals surface area (Å²) in [4.78, 5) is 0. The van der Waals surface area contributed by atoms with Gasteiger partial charge in [0.2, 0.25) is 0 Å². The van der Waals surface area contributed by atoms with E-state index in [2.05, 4.69) is 0 Å². The minimum atomic E-state index is -0.558. The molecule has 0 rings (SSSR count). The van der Waals surface area contributed by atoms with Crippen LogP contribution in [0.25, 0.3) is 0 Å². The average Bonchev–Trinajstić information content (AvgIpc) is 1.84. The SMILES string of the molecule is COCC(O)COCC(C)(C)N. The van der Waals surface area contributed by atoms with Crippen LogP contribution in [0.5, 0.6) is 0 Å². The molecule has 0 fully saturated rings. The molecule has 3 N–H and O–H groups in total. The quantitative estimate of drug-likeness (QED) is 0.587. The Bertz CT molecular complexity index is 111. The zero-order valence-electron chi connectivity index (χ0n) is 8.04. The lowest BCUT2D eigenvalue weighted by molar-refractivity contribution is -0.0154.